The van der Waals surface area contributed by atoms with E-state index >= 15 is 0 Å². The Morgan fingerprint density at radius 2 is 2.29 bits per heavy atom. The van der Waals surface area contributed by atoms with Crippen molar-refractivity contribution in [3.63, 3.8) is 0 Å². The molecule has 0 saturated heterocycles. The zero-order chi connectivity index (χ0) is 9.97. The van der Waals surface area contributed by atoms with Crippen LogP contribution >= 0.6 is 0 Å². The lowest BCUT2D eigenvalue weighted by atomic mass is 10.2. The Hall–Kier alpha value is -1.32. The molecule has 1 aliphatic carbocycles. The zero-order valence-corrected chi connectivity index (χ0v) is 8.25. The Labute approximate surface area is 82.7 Å². The highest BCUT2D eigenvalue weighted by Crippen LogP contribution is 2.18. The van der Waals surface area contributed by atoms with E-state index in [1.165, 1.54) is 19.1 Å². The maximum absolute atomic E-state index is 11.6. The normalized spacial score (nSPS) is 17.2. The van der Waals surface area contributed by atoms with Crippen molar-refractivity contribution in [1.82, 2.24) is 10.5 Å². The second-order valence-corrected chi connectivity index (χ2v) is 3.80. The molecule has 0 unspecified atom stereocenters. The van der Waals surface area contributed by atoms with E-state index in [1.807, 2.05) is 6.92 Å². The van der Waals surface area contributed by atoms with Gasteiger partial charge in [0.25, 0.3) is 5.91 Å². The monoisotopic (exact) mass is 194 g/mol. The van der Waals surface area contributed by atoms with Gasteiger partial charge < -0.3 is 9.84 Å². The summed E-state index contributed by atoms with van der Waals surface area (Å²) in [4.78, 5) is 11.6. The fraction of sp³-hybridized carbons (Fsp3) is 0.600. The largest absolute Gasteiger partial charge is 0.364 e. The summed E-state index contributed by atoms with van der Waals surface area (Å²) in [5, 5.41) is 6.63. The van der Waals surface area contributed by atoms with Crippen LogP contribution in [0.25, 0.3) is 0 Å². The molecule has 0 bridgehead atoms. The van der Waals surface area contributed by atoms with E-state index in [-0.39, 0.29) is 5.91 Å². The van der Waals surface area contributed by atoms with Gasteiger partial charge in [-0.05, 0) is 19.8 Å². The molecule has 1 fully saturated rings. The van der Waals surface area contributed by atoms with Crippen LogP contribution in [-0.4, -0.2) is 17.1 Å². The van der Waals surface area contributed by atoms with E-state index < -0.39 is 0 Å². The van der Waals surface area contributed by atoms with Gasteiger partial charge in [-0.2, -0.15) is 0 Å². The Bertz CT molecular complexity index is 327. The van der Waals surface area contributed by atoms with Crippen molar-refractivity contribution in [3.05, 3.63) is 17.5 Å². The molecule has 1 amide bonds. The minimum Gasteiger partial charge on any atom is -0.364 e. The Morgan fingerprint density at radius 1 is 1.57 bits per heavy atom. The Morgan fingerprint density at radius 3 is 2.86 bits per heavy atom. The third-order valence-corrected chi connectivity index (χ3v) is 2.65. The van der Waals surface area contributed by atoms with Crippen LogP contribution in [0.2, 0.25) is 0 Å². The number of aryl methyl sites for hydroxylation is 1. The number of hydrogen-bond donors (Lipinski definition) is 1. The van der Waals surface area contributed by atoms with Crippen molar-refractivity contribution in [2.45, 2.75) is 38.6 Å². The summed E-state index contributed by atoms with van der Waals surface area (Å²) in [5.41, 5.74) is 1.21. The SMILES string of the molecule is Cc1conc1C(=O)NC1CCCC1. The second-order valence-electron chi connectivity index (χ2n) is 3.80. The molecule has 76 valence electrons. The van der Waals surface area contributed by atoms with E-state index in [0.29, 0.717) is 11.7 Å². The van der Waals surface area contributed by atoms with Gasteiger partial charge in [0.05, 0.1) is 0 Å². The number of carbonyl (C=O) groups is 1. The van der Waals surface area contributed by atoms with Gasteiger partial charge in [0.15, 0.2) is 5.69 Å². The highest BCUT2D eigenvalue weighted by molar-refractivity contribution is 5.93. The van der Waals surface area contributed by atoms with Crippen molar-refractivity contribution >= 4 is 5.91 Å². The van der Waals surface area contributed by atoms with Gasteiger partial charge in [-0.15, -0.1) is 0 Å². The third kappa shape index (κ3) is 1.78. The van der Waals surface area contributed by atoms with E-state index in [9.17, 15) is 4.79 Å². The maximum Gasteiger partial charge on any atom is 0.273 e. The van der Waals surface area contributed by atoms with E-state index in [2.05, 4.69) is 10.5 Å². The fourth-order valence-electron chi connectivity index (χ4n) is 1.83. The van der Waals surface area contributed by atoms with Crippen LogP contribution in [0.3, 0.4) is 0 Å². The molecular weight excluding hydrogens is 180 g/mol. The van der Waals surface area contributed by atoms with Crippen molar-refractivity contribution in [2.75, 3.05) is 0 Å². The molecule has 1 N–H and O–H groups in total. The summed E-state index contributed by atoms with van der Waals surface area (Å²) < 4.78 is 4.72. The second kappa shape index (κ2) is 3.82. The van der Waals surface area contributed by atoms with Gasteiger partial charge in [0.2, 0.25) is 0 Å². The van der Waals surface area contributed by atoms with Crippen LogP contribution in [0.4, 0.5) is 0 Å². The number of hydrogen-bond acceptors (Lipinski definition) is 3. The number of aromatic nitrogens is 1. The van der Waals surface area contributed by atoms with Gasteiger partial charge in [-0.1, -0.05) is 18.0 Å². The molecule has 1 aromatic rings. The lowest BCUT2D eigenvalue weighted by Crippen LogP contribution is -2.33. The molecular formula is C10H14N2O2. The summed E-state index contributed by atoms with van der Waals surface area (Å²) >= 11 is 0. The lowest BCUT2D eigenvalue weighted by molar-refractivity contribution is 0.0928. The standard InChI is InChI=1S/C10H14N2O2/c1-7-6-14-12-9(7)10(13)11-8-4-2-3-5-8/h6,8H,2-5H2,1H3,(H,11,13). The lowest BCUT2D eigenvalue weighted by Gasteiger charge is -2.09. The summed E-state index contributed by atoms with van der Waals surface area (Å²) in [5.74, 6) is -0.108. The predicted octanol–water partition coefficient (Wildman–Crippen LogP) is 1.66. The van der Waals surface area contributed by atoms with Crippen molar-refractivity contribution < 1.29 is 9.32 Å². The third-order valence-electron chi connectivity index (χ3n) is 2.65. The summed E-state index contributed by atoms with van der Waals surface area (Å²) in [6.07, 6.45) is 6.08. The van der Waals surface area contributed by atoms with Gasteiger partial charge >= 0.3 is 0 Å². The minimum atomic E-state index is -0.108. The number of rotatable bonds is 2. The molecule has 1 heterocycles. The molecule has 0 radical (unpaired) electrons. The number of nitrogens with zero attached hydrogens (tertiary/aromatic N) is 1. The molecule has 0 spiro atoms. The molecule has 2 rings (SSSR count). The number of amides is 1. The summed E-state index contributed by atoms with van der Waals surface area (Å²) in [7, 11) is 0. The van der Waals surface area contributed by atoms with Crippen LogP contribution in [0, 0.1) is 6.92 Å². The number of nitrogens with one attached hydrogen (secondary N) is 1. The molecule has 4 nitrogen and oxygen atoms in total. The highest BCUT2D eigenvalue weighted by atomic mass is 16.5. The average Bonchev–Trinajstić information content (AvgIpc) is 2.75. The first-order valence-electron chi connectivity index (χ1n) is 4.99. The Balaban J connectivity index is 1.98. The molecule has 0 aliphatic heterocycles. The quantitative estimate of drug-likeness (QED) is 0.778. The molecule has 0 aromatic carbocycles. The minimum absolute atomic E-state index is 0.108. The fourth-order valence-corrected chi connectivity index (χ4v) is 1.83. The van der Waals surface area contributed by atoms with E-state index in [1.54, 1.807) is 0 Å². The van der Waals surface area contributed by atoms with Gasteiger partial charge in [-0.25, -0.2) is 0 Å². The molecule has 0 atom stereocenters. The Kier molecular flexibility index (Phi) is 2.52. The molecule has 1 saturated carbocycles. The average molecular weight is 194 g/mol. The number of carbonyl (C=O) groups excluding carboxylic acids is 1. The first-order chi connectivity index (χ1) is 6.77. The van der Waals surface area contributed by atoms with Crippen LogP contribution in [-0.2, 0) is 0 Å². The van der Waals surface area contributed by atoms with Crippen LogP contribution < -0.4 is 5.32 Å². The molecule has 4 heteroatoms. The molecule has 1 aliphatic rings. The van der Waals surface area contributed by atoms with Crippen molar-refractivity contribution in [2.24, 2.45) is 0 Å². The van der Waals surface area contributed by atoms with Crippen molar-refractivity contribution in [1.29, 1.82) is 0 Å². The molecule has 1 aromatic heterocycles. The topological polar surface area (TPSA) is 55.1 Å². The van der Waals surface area contributed by atoms with Crippen LogP contribution in [0.15, 0.2) is 10.8 Å². The van der Waals surface area contributed by atoms with Crippen LogP contribution in [0.5, 0.6) is 0 Å². The van der Waals surface area contributed by atoms with E-state index in [0.717, 1.165) is 18.4 Å². The first-order valence-corrected chi connectivity index (χ1v) is 4.99. The highest BCUT2D eigenvalue weighted by Gasteiger charge is 2.20. The molecule has 14 heavy (non-hydrogen) atoms. The van der Waals surface area contributed by atoms with Gasteiger partial charge in [0, 0.05) is 11.6 Å². The van der Waals surface area contributed by atoms with Crippen molar-refractivity contribution in [3.8, 4) is 0 Å². The predicted molar refractivity (Wildman–Crippen MR) is 51.0 cm³/mol. The first kappa shape index (κ1) is 9.24. The van der Waals surface area contributed by atoms with Gasteiger partial charge in [0.1, 0.15) is 6.26 Å². The summed E-state index contributed by atoms with van der Waals surface area (Å²) in [6.45, 7) is 1.82. The van der Waals surface area contributed by atoms with E-state index in [4.69, 9.17) is 4.52 Å². The van der Waals surface area contributed by atoms with Crippen LogP contribution in [0.1, 0.15) is 41.7 Å². The zero-order valence-electron chi connectivity index (χ0n) is 8.25. The smallest absolute Gasteiger partial charge is 0.273 e. The summed E-state index contributed by atoms with van der Waals surface area (Å²) in [6, 6.07) is 0.332. The maximum atomic E-state index is 11.6. The van der Waals surface area contributed by atoms with Gasteiger partial charge in [-0.3, -0.25) is 4.79 Å².